The van der Waals surface area contributed by atoms with Crippen LogP contribution in [0.4, 0.5) is 0 Å². The van der Waals surface area contributed by atoms with Crippen molar-refractivity contribution in [2.75, 3.05) is 6.61 Å². The summed E-state index contributed by atoms with van der Waals surface area (Å²) in [5.74, 6) is 1.29. The van der Waals surface area contributed by atoms with Crippen molar-refractivity contribution >= 4 is 11.6 Å². The third-order valence-corrected chi connectivity index (χ3v) is 3.58. The van der Waals surface area contributed by atoms with E-state index in [1.54, 1.807) is 24.3 Å². The van der Waals surface area contributed by atoms with Crippen molar-refractivity contribution < 1.29 is 14.3 Å². The summed E-state index contributed by atoms with van der Waals surface area (Å²) in [5, 5.41) is 4.28. The van der Waals surface area contributed by atoms with Gasteiger partial charge in [-0.1, -0.05) is 12.1 Å². The molecule has 1 amide bonds. The average Bonchev–Trinajstić information content (AvgIpc) is 2.59. The Labute approximate surface area is 141 Å². The number of ether oxygens (including phenoxy) is 2. The number of nitrogens with one attached hydrogen (secondary N) is 1. The first-order valence-corrected chi connectivity index (χ1v) is 7.99. The van der Waals surface area contributed by atoms with Crippen molar-refractivity contribution in [2.45, 2.75) is 26.4 Å². The van der Waals surface area contributed by atoms with E-state index in [4.69, 9.17) is 9.47 Å². The standard InChI is InChI=1S/C19H20N2O3/c1-13(2)24-15-9-7-14(8-10-15)19(22)21-20-17-11-12-23-18-6-4-3-5-16(17)18/h3-10,13H,11-12H2,1-2H3,(H,21,22)/b20-17-. The van der Waals surface area contributed by atoms with Gasteiger partial charge in [-0.2, -0.15) is 5.10 Å². The monoisotopic (exact) mass is 324 g/mol. The lowest BCUT2D eigenvalue weighted by Gasteiger charge is -2.18. The van der Waals surface area contributed by atoms with Gasteiger partial charge < -0.3 is 9.47 Å². The largest absolute Gasteiger partial charge is 0.492 e. The Morgan fingerprint density at radius 1 is 1.17 bits per heavy atom. The highest BCUT2D eigenvalue weighted by molar-refractivity contribution is 6.04. The lowest BCUT2D eigenvalue weighted by molar-refractivity contribution is 0.0954. The molecule has 24 heavy (non-hydrogen) atoms. The number of fused-ring (bicyclic) bond motifs is 1. The molecule has 0 bridgehead atoms. The topological polar surface area (TPSA) is 59.9 Å². The van der Waals surface area contributed by atoms with Gasteiger partial charge in [0, 0.05) is 17.5 Å². The van der Waals surface area contributed by atoms with Crippen LogP contribution in [0.2, 0.25) is 0 Å². The van der Waals surface area contributed by atoms with E-state index in [0.717, 1.165) is 22.8 Å². The minimum atomic E-state index is -0.248. The summed E-state index contributed by atoms with van der Waals surface area (Å²) in [7, 11) is 0. The quantitative estimate of drug-likeness (QED) is 0.877. The van der Waals surface area contributed by atoms with Crippen LogP contribution in [0.25, 0.3) is 0 Å². The zero-order valence-electron chi connectivity index (χ0n) is 13.8. The molecule has 1 N–H and O–H groups in total. The van der Waals surface area contributed by atoms with Gasteiger partial charge in [-0.3, -0.25) is 4.79 Å². The molecule has 0 aliphatic carbocycles. The van der Waals surface area contributed by atoms with Crippen LogP contribution in [0.5, 0.6) is 11.5 Å². The summed E-state index contributed by atoms with van der Waals surface area (Å²) in [6.07, 6.45) is 0.767. The number of hydrazone groups is 1. The average molecular weight is 324 g/mol. The van der Waals surface area contributed by atoms with Gasteiger partial charge in [0.25, 0.3) is 5.91 Å². The third kappa shape index (κ3) is 3.74. The van der Waals surface area contributed by atoms with Crippen molar-refractivity contribution in [1.82, 2.24) is 5.43 Å². The maximum atomic E-state index is 12.2. The molecule has 0 saturated heterocycles. The number of hydrogen-bond acceptors (Lipinski definition) is 4. The molecule has 124 valence electrons. The minimum Gasteiger partial charge on any atom is -0.492 e. The van der Waals surface area contributed by atoms with E-state index in [2.05, 4.69) is 10.5 Å². The first kappa shape index (κ1) is 16.1. The number of para-hydroxylation sites is 1. The van der Waals surface area contributed by atoms with E-state index < -0.39 is 0 Å². The number of amides is 1. The Hall–Kier alpha value is -2.82. The number of benzene rings is 2. The first-order valence-electron chi connectivity index (χ1n) is 7.99. The number of nitrogens with zero attached hydrogens (tertiary/aromatic N) is 1. The molecule has 2 aromatic rings. The Morgan fingerprint density at radius 2 is 1.92 bits per heavy atom. The molecule has 1 aliphatic heterocycles. The lowest BCUT2D eigenvalue weighted by atomic mass is 10.0. The van der Waals surface area contributed by atoms with Crippen LogP contribution in [-0.2, 0) is 0 Å². The zero-order valence-corrected chi connectivity index (χ0v) is 13.8. The van der Waals surface area contributed by atoms with Crippen LogP contribution in [0, 0.1) is 0 Å². The van der Waals surface area contributed by atoms with Crippen molar-refractivity contribution in [1.29, 1.82) is 0 Å². The van der Waals surface area contributed by atoms with Gasteiger partial charge in [0.2, 0.25) is 0 Å². The van der Waals surface area contributed by atoms with E-state index in [1.165, 1.54) is 0 Å². The molecule has 0 radical (unpaired) electrons. The molecule has 0 aromatic heterocycles. The second-order valence-corrected chi connectivity index (χ2v) is 5.79. The summed E-state index contributed by atoms with van der Waals surface area (Å²) >= 11 is 0. The fourth-order valence-electron chi connectivity index (χ4n) is 2.48. The van der Waals surface area contributed by atoms with Crippen molar-refractivity contribution in [3.63, 3.8) is 0 Å². The second-order valence-electron chi connectivity index (χ2n) is 5.79. The highest BCUT2D eigenvalue weighted by Gasteiger charge is 2.16. The first-order chi connectivity index (χ1) is 11.6. The molecule has 0 saturated carbocycles. The van der Waals surface area contributed by atoms with Gasteiger partial charge in [-0.25, -0.2) is 5.43 Å². The molecule has 1 aliphatic rings. The number of carbonyl (C=O) groups is 1. The van der Waals surface area contributed by atoms with Crippen LogP contribution in [0.15, 0.2) is 53.6 Å². The number of carbonyl (C=O) groups excluding carboxylic acids is 1. The molecule has 0 fully saturated rings. The summed E-state index contributed by atoms with van der Waals surface area (Å²) in [5.41, 5.74) is 4.91. The van der Waals surface area contributed by atoms with Gasteiger partial charge in [-0.05, 0) is 50.2 Å². The van der Waals surface area contributed by atoms with E-state index in [-0.39, 0.29) is 12.0 Å². The van der Waals surface area contributed by atoms with Gasteiger partial charge in [0.15, 0.2) is 0 Å². The molecular weight excluding hydrogens is 304 g/mol. The second kappa shape index (κ2) is 7.17. The smallest absolute Gasteiger partial charge is 0.271 e. The fourth-order valence-corrected chi connectivity index (χ4v) is 2.48. The minimum absolute atomic E-state index is 0.102. The third-order valence-electron chi connectivity index (χ3n) is 3.58. The van der Waals surface area contributed by atoms with Gasteiger partial charge >= 0.3 is 0 Å². The Bertz CT molecular complexity index is 751. The van der Waals surface area contributed by atoms with Gasteiger partial charge in [-0.15, -0.1) is 0 Å². The summed E-state index contributed by atoms with van der Waals surface area (Å²) < 4.78 is 11.2. The van der Waals surface area contributed by atoms with Crippen LogP contribution < -0.4 is 14.9 Å². The predicted molar refractivity (Wildman–Crippen MR) is 92.8 cm³/mol. The molecule has 2 aromatic carbocycles. The molecule has 0 spiro atoms. The maximum Gasteiger partial charge on any atom is 0.271 e. The molecule has 5 nitrogen and oxygen atoms in total. The summed E-state index contributed by atoms with van der Waals surface area (Å²) in [6.45, 7) is 4.48. The summed E-state index contributed by atoms with van der Waals surface area (Å²) in [4.78, 5) is 12.2. The Balaban J connectivity index is 1.69. The van der Waals surface area contributed by atoms with Crippen molar-refractivity contribution in [3.05, 3.63) is 59.7 Å². The molecule has 3 rings (SSSR count). The van der Waals surface area contributed by atoms with Crippen LogP contribution in [0.1, 0.15) is 36.2 Å². The fraction of sp³-hybridized carbons (Fsp3) is 0.263. The Kier molecular flexibility index (Phi) is 4.79. The SMILES string of the molecule is CC(C)Oc1ccc(C(=O)N/N=C2/CCOc3ccccc32)cc1. The van der Waals surface area contributed by atoms with Gasteiger partial charge in [0.05, 0.1) is 18.4 Å². The van der Waals surface area contributed by atoms with E-state index in [1.807, 2.05) is 38.1 Å². The number of hydrogen-bond donors (Lipinski definition) is 1. The molecule has 5 heteroatoms. The van der Waals surface area contributed by atoms with Crippen molar-refractivity contribution in [2.24, 2.45) is 5.10 Å². The lowest BCUT2D eigenvalue weighted by Crippen LogP contribution is -2.23. The molecule has 0 unspecified atom stereocenters. The molecular formula is C19H20N2O3. The van der Waals surface area contributed by atoms with Crippen LogP contribution in [-0.4, -0.2) is 24.3 Å². The van der Waals surface area contributed by atoms with Crippen LogP contribution >= 0.6 is 0 Å². The normalized spacial score (nSPS) is 14.9. The number of rotatable bonds is 4. The van der Waals surface area contributed by atoms with Gasteiger partial charge in [0.1, 0.15) is 11.5 Å². The zero-order chi connectivity index (χ0) is 16.9. The molecule has 1 heterocycles. The van der Waals surface area contributed by atoms with E-state index >= 15 is 0 Å². The van der Waals surface area contributed by atoms with Crippen molar-refractivity contribution in [3.8, 4) is 11.5 Å². The van der Waals surface area contributed by atoms with E-state index in [9.17, 15) is 4.79 Å². The summed E-state index contributed by atoms with van der Waals surface area (Å²) in [6, 6.07) is 14.7. The molecule has 0 atom stereocenters. The van der Waals surface area contributed by atoms with E-state index in [0.29, 0.717) is 18.6 Å². The maximum absolute atomic E-state index is 12.2. The van der Waals surface area contributed by atoms with Crippen LogP contribution in [0.3, 0.4) is 0 Å². The highest BCUT2D eigenvalue weighted by Crippen LogP contribution is 2.24. The predicted octanol–water partition coefficient (Wildman–Crippen LogP) is 3.39. The highest BCUT2D eigenvalue weighted by atomic mass is 16.5. The Morgan fingerprint density at radius 3 is 2.67 bits per heavy atom.